The molecule has 1 aliphatic rings. The first kappa shape index (κ1) is 29.1. The van der Waals surface area contributed by atoms with Gasteiger partial charge in [0, 0.05) is 31.4 Å². The lowest BCUT2D eigenvalue weighted by atomic mass is 10.1. The molecule has 4 aromatic rings. The minimum Gasteiger partial charge on any atom is -0.378 e. The van der Waals surface area contributed by atoms with Gasteiger partial charge in [-0.05, 0) is 30.2 Å². The van der Waals surface area contributed by atoms with Gasteiger partial charge in [0.2, 0.25) is 5.95 Å². The van der Waals surface area contributed by atoms with Gasteiger partial charge in [0.25, 0.3) is 10.0 Å². The zero-order valence-electron chi connectivity index (χ0n) is 22.2. The number of morpholine rings is 1. The van der Waals surface area contributed by atoms with Crippen molar-refractivity contribution in [2.45, 2.75) is 18.7 Å². The number of ether oxygens (including phenoxy) is 1. The van der Waals surface area contributed by atoms with Crippen LogP contribution in [0.3, 0.4) is 0 Å². The number of sulfonamides is 1. The zero-order chi connectivity index (χ0) is 29.1. The normalized spacial score (nSPS) is 14.0. The van der Waals surface area contributed by atoms with Crippen LogP contribution in [-0.2, 0) is 14.8 Å². The highest BCUT2D eigenvalue weighted by Crippen LogP contribution is 2.44. The lowest BCUT2D eigenvalue weighted by Crippen LogP contribution is -2.36. The Balaban J connectivity index is 1.58. The highest BCUT2D eigenvalue weighted by molar-refractivity contribution is 7.92. The van der Waals surface area contributed by atoms with E-state index >= 15 is 0 Å². The number of aromatic nitrogens is 3. The van der Waals surface area contributed by atoms with Crippen LogP contribution in [0.1, 0.15) is 13.8 Å². The maximum absolute atomic E-state index is 14.3. The van der Waals surface area contributed by atoms with Gasteiger partial charge in [-0.3, -0.25) is 4.72 Å². The molecule has 2 aromatic heterocycles. The summed E-state index contributed by atoms with van der Waals surface area (Å²) < 4.78 is 62.3. The third-order valence-electron chi connectivity index (χ3n) is 6.14. The smallest absolute Gasteiger partial charge is 0.267 e. The molecule has 0 unspecified atom stereocenters. The van der Waals surface area contributed by atoms with Crippen LogP contribution in [0.2, 0.25) is 5.02 Å². The standard InChI is InChI=1S/C27H27ClF2N6O3S2/c1-16(2)15-32-26-31-10-9-21(33-26)24-23(34-27(40-24)36-11-13-39-14-12-36)17-5-3-8-20(22(17)28)35-41(37,38)25-18(29)6-4-7-19(25)30/h3-10,16,35H,11-15H2,1-2H3,(H,31,32,33). The molecular formula is C27H27ClF2N6O3S2. The van der Waals surface area contributed by atoms with E-state index in [0.29, 0.717) is 66.5 Å². The molecule has 2 N–H and O–H groups in total. The van der Waals surface area contributed by atoms with Crippen LogP contribution in [0.4, 0.5) is 25.5 Å². The maximum Gasteiger partial charge on any atom is 0.267 e. The van der Waals surface area contributed by atoms with Crippen molar-refractivity contribution in [1.82, 2.24) is 15.0 Å². The van der Waals surface area contributed by atoms with Gasteiger partial charge in [0.1, 0.15) is 11.6 Å². The summed E-state index contributed by atoms with van der Waals surface area (Å²) in [5, 5.41) is 3.97. The van der Waals surface area contributed by atoms with E-state index < -0.39 is 26.6 Å². The number of hydrogen-bond acceptors (Lipinski definition) is 9. The molecule has 1 aliphatic heterocycles. The molecule has 3 heterocycles. The number of hydrogen-bond donors (Lipinski definition) is 2. The Kier molecular flexibility index (Phi) is 8.68. The predicted octanol–water partition coefficient (Wildman–Crippen LogP) is 5.90. The van der Waals surface area contributed by atoms with Gasteiger partial charge in [-0.15, -0.1) is 0 Å². The SMILES string of the molecule is CC(C)CNc1nccc(-c2sc(N3CCOCC3)nc2-c2cccc(NS(=O)(=O)c3c(F)cccc3F)c2Cl)n1. The molecule has 14 heteroatoms. The predicted molar refractivity (Wildman–Crippen MR) is 157 cm³/mol. The molecule has 0 spiro atoms. The van der Waals surface area contributed by atoms with E-state index in [-0.39, 0.29) is 10.7 Å². The van der Waals surface area contributed by atoms with E-state index in [4.69, 9.17) is 26.3 Å². The van der Waals surface area contributed by atoms with E-state index in [2.05, 4.69) is 33.8 Å². The molecule has 1 saturated heterocycles. The first-order chi connectivity index (χ1) is 19.6. The van der Waals surface area contributed by atoms with E-state index in [1.807, 2.05) is 0 Å². The summed E-state index contributed by atoms with van der Waals surface area (Å²) in [5.41, 5.74) is 1.45. The summed E-state index contributed by atoms with van der Waals surface area (Å²) in [6.07, 6.45) is 1.65. The molecule has 0 aliphatic carbocycles. The summed E-state index contributed by atoms with van der Waals surface area (Å²) in [6.45, 7) is 7.28. The average Bonchev–Trinajstić information content (AvgIpc) is 3.39. The molecular weight excluding hydrogens is 594 g/mol. The van der Waals surface area contributed by atoms with Crippen molar-refractivity contribution < 1.29 is 21.9 Å². The van der Waals surface area contributed by atoms with Crippen LogP contribution in [-0.4, -0.2) is 56.2 Å². The number of nitrogens with one attached hydrogen (secondary N) is 2. The topological polar surface area (TPSA) is 109 Å². The van der Waals surface area contributed by atoms with Gasteiger partial charge in [-0.2, -0.15) is 0 Å². The maximum atomic E-state index is 14.3. The number of halogens is 3. The first-order valence-electron chi connectivity index (χ1n) is 12.8. The zero-order valence-corrected chi connectivity index (χ0v) is 24.6. The van der Waals surface area contributed by atoms with Crippen molar-refractivity contribution in [3.63, 3.8) is 0 Å². The fourth-order valence-electron chi connectivity index (χ4n) is 4.15. The first-order valence-corrected chi connectivity index (χ1v) is 15.5. The fraction of sp³-hybridized carbons (Fsp3) is 0.296. The third kappa shape index (κ3) is 6.43. The molecule has 2 aromatic carbocycles. The molecule has 1 fully saturated rings. The monoisotopic (exact) mass is 620 g/mol. The second-order valence-electron chi connectivity index (χ2n) is 9.64. The van der Waals surface area contributed by atoms with Gasteiger partial charge in [-0.25, -0.2) is 32.2 Å². The number of anilines is 3. The Morgan fingerprint density at radius 1 is 1.07 bits per heavy atom. The molecule has 0 atom stereocenters. The second kappa shape index (κ2) is 12.2. The van der Waals surface area contributed by atoms with Crippen LogP contribution in [0.25, 0.3) is 21.8 Å². The van der Waals surface area contributed by atoms with E-state index in [1.54, 1.807) is 24.4 Å². The molecule has 0 amide bonds. The van der Waals surface area contributed by atoms with Gasteiger partial charge in [0.05, 0.1) is 40.2 Å². The van der Waals surface area contributed by atoms with Crippen molar-refractivity contribution in [3.05, 3.63) is 65.3 Å². The number of thiazole rings is 1. The minimum atomic E-state index is -4.64. The van der Waals surface area contributed by atoms with Crippen LogP contribution in [0.15, 0.2) is 53.6 Å². The summed E-state index contributed by atoms with van der Waals surface area (Å²) in [7, 11) is -4.64. The second-order valence-corrected chi connectivity index (χ2v) is 12.6. The Hall–Kier alpha value is -3.39. The average molecular weight is 621 g/mol. The van der Waals surface area contributed by atoms with Crippen LogP contribution < -0.4 is 14.9 Å². The summed E-state index contributed by atoms with van der Waals surface area (Å²) >= 11 is 8.18. The molecule has 216 valence electrons. The van der Waals surface area contributed by atoms with Crippen LogP contribution in [0.5, 0.6) is 0 Å². The molecule has 0 radical (unpaired) electrons. The van der Waals surface area contributed by atoms with E-state index in [1.165, 1.54) is 17.4 Å². The van der Waals surface area contributed by atoms with Crippen molar-refractivity contribution >= 4 is 49.7 Å². The molecule has 0 bridgehead atoms. The van der Waals surface area contributed by atoms with Crippen LogP contribution >= 0.6 is 22.9 Å². The Morgan fingerprint density at radius 2 is 1.78 bits per heavy atom. The number of rotatable bonds is 9. The third-order valence-corrected chi connectivity index (χ3v) is 9.10. The van der Waals surface area contributed by atoms with Gasteiger partial charge < -0.3 is 15.0 Å². The van der Waals surface area contributed by atoms with Gasteiger partial charge in [0.15, 0.2) is 10.0 Å². The fourth-order valence-corrected chi connectivity index (χ4v) is 6.78. The largest absolute Gasteiger partial charge is 0.378 e. The molecule has 41 heavy (non-hydrogen) atoms. The summed E-state index contributed by atoms with van der Waals surface area (Å²) in [5.74, 6) is -1.58. The van der Waals surface area contributed by atoms with E-state index in [9.17, 15) is 17.2 Å². The van der Waals surface area contributed by atoms with Crippen molar-refractivity contribution in [2.75, 3.05) is 47.8 Å². The quantitative estimate of drug-likeness (QED) is 0.238. The molecule has 5 rings (SSSR count). The highest BCUT2D eigenvalue weighted by Gasteiger charge is 2.27. The minimum absolute atomic E-state index is 0.0140. The van der Waals surface area contributed by atoms with Crippen LogP contribution in [0, 0.1) is 17.6 Å². The van der Waals surface area contributed by atoms with E-state index in [0.717, 1.165) is 23.3 Å². The Morgan fingerprint density at radius 3 is 2.49 bits per heavy atom. The van der Waals surface area contributed by atoms with Crippen molar-refractivity contribution in [3.8, 4) is 21.8 Å². The lowest BCUT2D eigenvalue weighted by molar-refractivity contribution is 0.122. The molecule has 9 nitrogen and oxygen atoms in total. The number of benzene rings is 2. The molecule has 0 saturated carbocycles. The summed E-state index contributed by atoms with van der Waals surface area (Å²) in [4.78, 5) is 15.6. The van der Waals surface area contributed by atoms with Crippen molar-refractivity contribution in [2.24, 2.45) is 5.92 Å². The highest BCUT2D eigenvalue weighted by atomic mass is 35.5. The van der Waals surface area contributed by atoms with Crippen molar-refractivity contribution in [1.29, 1.82) is 0 Å². The van der Waals surface area contributed by atoms with Gasteiger partial charge >= 0.3 is 0 Å². The van der Waals surface area contributed by atoms with Gasteiger partial charge in [-0.1, -0.05) is 55.0 Å². The summed E-state index contributed by atoms with van der Waals surface area (Å²) in [6, 6.07) is 9.29. The Bertz CT molecular complexity index is 1640. The lowest BCUT2D eigenvalue weighted by Gasteiger charge is -2.26. The Labute approximate surface area is 245 Å². The number of nitrogens with zero attached hydrogens (tertiary/aromatic N) is 4.